The highest BCUT2D eigenvalue weighted by Crippen LogP contribution is 2.17. The number of esters is 1. The topological polar surface area (TPSA) is 84.8 Å². The lowest BCUT2D eigenvalue weighted by Gasteiger charge is -2.16. The lowest BCUT2D eigenvalue weighted by atomic mass is 9.88. The minimum Gasteiger partial charge on any atom is -0.464 e. The Balaban J connectivity index is 2.88. The lowest BCUT2D eigenvalue weighted by Crippen LogP contribution is -2.30. The minimum atomic E-state index is -0.751. The van der Waals surface area contributed by atoms with Gasteiger partial charge >= 0.3 is 5.97 Å². The van der Waals surface area contributed by atoms with Gasteiger partial charge in [0.05, 0.1) is 13.5 Å². The first-order chi connectivity index (χ1) is 10.6. The summed E-state index contributed by atoms with van der Waals surface area (Å²) in [5.41, 5.74) is 1.89. The van der Waals surface area contributed by atoms with Gasteiger partial charge in [-0.15, -0.1) is 0 Å². The Morgan fingerprint density at radius 2 is 1.74 bits per heavy atom. The molecule has 124 valence electrons. The zero-order valence-electron chi connectivity index (χ0n) is 13.5. The normalized spacial score (nSPS) is 11.8. The molecule has 0 fully saturated rings. The molecule has 7 heteroatoms. The van der Waals surface area contributed by atoms with E-state index in [0.717, 1.165) is 4.47 Å². The smallest absolute Gasteiger partial charge is 0.354 e. The van der Waals surface area contributed by atoms with Gasteiger partial charge < -0.3 is 4.74 Å². The highest BCUT2D eigenvalue weighted by atomic mass is 79.9. The summed E-state index contributed by atoms with van der Waals surface area (Å²) >= 11 is 3.27. The fraction of sp³-hybridized carbons (Fsp3) is 0.375. The first kappa shape index (κ1) is 19.0. The van der Waals surface area contributed by atoms with Gasteiger partial charge in [0.2, 0.25) is 0 Å². The van der Waals surface area contributed by atoms with Crippen LogP contribution in [0.25, 0.3) is 0 Å². The molecule has 0 aromatic heterocycles. The number of Topliss-reactive ketones (excluding diaryl/α,β-unsaturated/α-hetero) is 1. The van der Waals surface area contributed by atoms with E-state index in [0.29, 0.717) is 5.56 Å². The molecule has 0 aliphatic rings. The van der Waals surface area contributed by atoms with Crippen molar-refractivity contribution in [3.63, 3.8) is 0 Å². The summed E-state index contributed by atoms with van der Waals surface area (Å²) in [6, 6.07) is 6.63. The Bertz CT molecular complexity index is 630. The summed E-state index contributed by atoms with van der Waals surface area (Å²) in [6.45, 7) is 5.22. The number of benzene rings is 1. The second-order valence-electron chi connectivity index (χ2n) is 5.85. The van der Waals surface area contributed by atoms with Crippen LogP contribution in [0.5, 0.6) is 0 Å². The van der Waals surface area contributed by atoms with Gasteiger partial charge in [-0.1, -0.05) is 36.7 Å². The third-order valence-electron chi connectivity index (χ3n) is 2.98. The molecule has 23 heavy (non-hydrogen) atoms. The summed E-state index contributed by atoms with van der Waals surface area (Å²) in [6.07, 6.45) is -0.212. The van der Waals surface area contributed by atoms with Crippen LogP contribution < -0.4 is 5.43 Å². The molecular formula is C16H19BrN2O4. The number of amides is 1. The predicted molar refractivity (Wildman–Crippen MR) is 90.1 cm³/mol. The van der Waals surface area contributed by atoms with E-state index in [2.05, 4.69) is 31.2 Å². The van der Waals surface area contributed by atoms with E-state index in [1.165, 1.54) is 7.11 Å². The van der Waals surface area contributed by atoms with Crippen LogP contribution in [0.15, 0.2) is 33.8 Å². The van der Waals surface area contributed by atoms with Crippen molar-refractivity contribution in [1.82, 2.24) is 5.43 Å². The zero-order chi connectivity index (χ0) is 17.6. The molecule has 0 spiro atoms. The van der Waals surface area contributed by atoms with Crippen LogP contribution in [0, 0.1) is 5.41 Å². The first-order valence-corrected chi connectivity index (χ1v) is 7.68. The Morgan fingerprint density at radius 3 is 2.22 bits per heavy atom. The number of halogens is 1. The van der Waals surface area contributed by atoms with E-state index < -0.39 is 17.3 Å². The van der Waals surface area contributed by atoms with Crippen molar-refractivity contribution in [2.24, 2.45) is 10.5 Å². The van der Waals surface area contributed by atoms with E-state index in [1.54, 1.807) is 45.0 Å². The minimum absolute atomic E-state index is 0.141. The number of nitrogens with one attached hydrogen (secondary N) is 1. The zero-order valence-corrected chi connectivity index (χ0v) is 15.1. The number of carbonyl (C=O) groups is 3. The molecule has 0 aliphatic heterocycles. The Kier molecular flexibility index (Phi) is 6.62. The fourth-order valence-corrected chi connectivity index (χ4v) is 1.74. The largest absolute Gasteiger partial charge is 0.464 e. The second kappa shape index (κ2) is 8.01. The molecule has 0 saturated heterocycles. The van der Waals surface area contributed by atoms with Crippen molar-refractivity contribution in [2.45, 2.75) is 27.2 Å². The molecule has 6 nitrogen and oxygen atoms in total. The maximum absolute atomic E-state index is 12.0. The number of carbonyl (C=O) groups excluding carboxylic acids is 3. The lowest BCUT2D eigenvalue weighted by molar-refractivity contribution is -0.134. The number of methoxy groups -OCH3 is 1. The number of hydrogen-bond donors (Lipinski definition) is 1. The Morgan fingerprint density at radius 1 is 1.17 bits per heavy atom. The number of hydrogen-bond acceptors (Lipinski definition) is 5. The van der Waals surface area contributed by atoms with Crippen LogP contribution in [0.3, 0.4) is 0 Å². The number of nitrogens with zero attached hydrogens (tertiary/aromatic N) is 1. The number of hydrazone groups is 1. The van der Waals surface area contributed by atoms with E-state index in [1.807, 2.05) is 0 Å². The van der Waals surface area contributed by atoms with Gasteiger partial charge in [0.1, 0.15) is 5.78 Å². The summed E-state index contributed by atoms with van der Waals surface area (Å²) in [4.78, 5) is 35.7. The van der Waals surface area contributed by atoms with Crippen LogP contribution >= 0.6 is 15.9 Å². The quantitative estimate of drug-likeness (QED) is 0.481. The molecule has 0 unspecified atom stereocenters. The van der Waals surface area contributed by atoms with E-state index in [-0.39, 0.29) is 17.9 Å². The second-order valence-corrected chi connectivity index (χ2v) is 6.76. The Labute approximate surface area is 143 Å². The van der Waals surface area contributed by atoms with Crippen molar-refractivity contribution < 1.29 is 19.1 Å². The number of ketones is 1. The van der Waals surface area contributed by atoms with Gasteiger partial charge in [-0.2, -0.15) is 5.10 Å². The molecule has 1 rings (SSSR count). The molecule has 0 saturated carbocycles. The molecule has 1 aromatic rings. The molecule has 0 aliphatic carbocycles. The monoisotopic (exact) mass is 382 g/mol. The van der Waals surface area contributed by atoms with Crippen molar-refractivity contribution in [3.8, 4) is 0 Å². The van der Waals surface area contributed by atoms with Crippen molar-refractivity contribution in [2.75, 3.05) is 7.11 Å². The van der Waals surface area contributed by atoms with E-state index in [9.17, 15) is 14.4 Å². The predicted octanol–water partition coefficient (Wildman–Crippen LogP) is 2.71. The van der Waals surface area contributed by atoms with Crippen LogP contribution in [0.2, 0.25) is 0 Å². The van der Waals surface area contributed by atoms with Crippen LogP contribution in [-0.4, -0.2) is 30.5 Å². The number of ether oxygens (including phenoxy) is 1. The molecule has 1 aromatic carbocycles. The van der Waals surface area contributed by atoms with E-state index >= 15 is 0 Å². The third-order valence-corrected chi connectivity index (χ3v) is 3.51. The first-order valence-electron chi connectivity index (χ1n) is 6.89. The van der Waals surface area contributed by atoms with Crippen molar-refractivity contribution in [3.05, 3.63) is 34.3 Å². The maximum atomic E-state index is 12.0. The van der Waals surface area contributed by atoms with Gasteiger partial charge in [-0.25, -0.2) is 10.2 Å². The Hall–Kier alpha value is -2.02. The molecule has 1 N–H and O–H groups in total. The van der Waals surface area contributed by atoms with Gasteiger partial charge in [0.15, 0.2) is 5.71 Å². The summed E-state index contributed by atoms with van der Waals surface area (Å²) < 4.78 is 5.44. The maximum Gasteiger partial charge on any atom is 0.354 e. The average Bonchev–Trinajstić information content (AvgIpc) is 2.49. The molecule has 0 heterocycles. The van der Waals surface area contributed by atoms with Crippen molar-refractivity contribution >= 4 is 39.3 Å². The average molecular weight is 383 g/mol. The van der Waals surface area contributed by atoms with Crippen LogP contribution in [0.4, 0.5) is 0 Å². The fourth-order valence-electron chi connectivity index (χ4n) is 1.48. The molecule has 0 bridgehead atoms. The standard InChI is InChI=1S/C16H19BrN2O4/c1-16(2,3)13(20)9-12(15(22)23-4)18-19-14(21)10-5-7-11(17)8-6-10/h5-8H,9H2,1-4H3,(H,19,21)/b18-12-. The van der Waals surface area contributed by atoms with Crippen molar-refractivity contribution in [1.29, 1.82) is 0 Å². The molecule has 0 radical (unpaired) electrons. The SMILES string of the molecule is COC(=O)/C(CC(=O)C(C)(C)C)=N\NC(=O)c1ccc(Br)cc1. The van der Waals surface area contributed by atoms with Gasteiger partial charge in [0.25, 0.3) is 5.91 Å². The van der Waals surface area contributed by atoms with E-state index in [4.69, 9.17) is 0 Å². The van der Waals surface area contributed by atoms with Crippen LogP contribution in [-0.2, 0) is 14.3 Å². The summed E-state index contributed by atoms with van der Waals surface area (Å²) in [5.74, 6) is -1.42. The summed E-state index contributed by atoms with van der Waals surface area (Å²) in [7, 11) is 1.19. The molecular weight excluding hydrogens is 364 g/mol. The van der Waals surface area contributed by atoms with Gasteiger partial charge in [0, 0.05) is 15.5 Å². The molecule has 0 atom stereocenters. The molecule has 1 amide bonds. The third kappa shape index (κ3) is 5.94. The van der Waals surface area contributed by atoms with Gasteiger partial charge in [-0.3, -0.25) is 9.59 Å². The summed E-state index contributed by atoms with van der Waals surface area (Å²) in [5, 5.41) is 3.76. The van der Waals surface area contributed by atoms with Crippen LogP contribution in [0.1, 0.15) is 37.6 Å². The number of rotatable bonds is 5. The highest BCUT2D eigenvalue weighted by Gasteiger charge is 2.26. The highest BCUT2D eigenvalue weighted by molar-refractivity contribution is 9.10. The van der Waals surface area contributed by atoms with Gasteiger partial charge in [-0.05, 0) is 24.3 Å².